The Balaban J connectivity index is 3.63. The zero-order valence-electron chi connectivity index (χ0n) is 4.82. The van der Waals surface area contributed by atoms with Crippen molar-refractivity contribution in [3.63, 3.8) is 0 Å². The van der Waals surface area contributed by atoms with Crippen molar-refractivity contribution in [1.29, 1.82) is 0 Å². The molecular weight excluding hydrogens is 222 g/mol. The molecule has 0 saturated carbocycles. The van der Waals surface area contributed by atoms with Crippen molar-refractivity contribution in [1.82, 2.24) is 0 Å². The van der Waals surface area contributed by atoms with Crippen molar-refractivity contribution in [2.24, 2.45) is 0 Å². The SMILES string of the molecule is [O]COCC(Cl)(Cl)C(Cl)Cl. The van der Waals surface area contributed by atoms with E-state index in [1.54, 1.807) is 0 Å². The molecule has 0 unspecified atom stereocenters. The summed E-state index contributed by atoms with van der Waals surface area (Å²) in [5.41, 5.74) is 0. The molecule has 0 N–H and O–H groups in total. The zero-order chi connectivity index (χ0) is 8.20. The molecule has 0 amide bonds. The highest BCUT2D eigenvalue weighted by molar-refractivity contribution is 6.59. The zero-order valence-corrected chi connectivity index (χ0v) is 7.84. The monoisotopic (exact) mass is 225 g/mol. The summed E-state index contributed by atoms with van der Waals surface area (Å²) in [7, 11) is 0. The molecule has 0 rings (SSSR count). The van der Waals surface area contributed by atoms with Gasteiger partial charge in [-0.25, -0.2) is 5.11 Å². The summed E-state index contributed by atoms with van der Waals surface area (Å²) in [6.45, 7) is -0.876. The van der Waals surface area contributed by atoms with Crippen molar-refractivity contribution in [3.8, 4) is 0 Å². The van der Waals surface area contributed by atoms with Crippen molar-refractivity contribution >= 4 is 46.4 Å². The van der Waals surface area contributed by atoms with E-state index in [9.17, 15) is 5.11 Å². The first-order valence-electron chi connectivity index (χ1n) is 2.32. The fourth-order valence-electron chi connectivity index (χ4n) is 0.241. The molecule has 1 radical (unpaired) electrons. The van der Waals surface area contributed by atoms with Gasteiger partial charge in [0.25, 0.3) is 0 Å². The fourth-order valence-corrected chi connectivity index (χ4v) is 0.521. The highest BCUT2D eigenvalue weighted by atomic mass is 35.5. The maximum atomic E-state index is 9.77. The topological polar surface area (TPSA) is 29.1 Å². The van der Waals surface area contributed by atoms with E-state index in [2.05, 4.69) is 4.74 Å². The minimum absolute atomic E-state index is 0.169. The summed E-state index contributed by atoms with van der Waals surface area (Å²) < 4.78 is 2.98. The molecule has 61 valence electrons. The molecule has 0 atom stereocenters. The number of hydrogen-bond acceptors (Lipinski definition) is 1. The largest absolute Gasteiger partial charge is 0.349 e. The normalized spacial score (nSPS) is 12.6. The number of alkyl halides is 4. The summed E-state index contributed by atoms with van der Waals surface area (Å²) in [5.74, 6) is 0. The maximum absolute atomic E-state index is 9.77. The van der Waals surface area contributed by atoms with Gasteiger partial charge in [0, 0.05) is 0 Å². The Morgan fingerprint density at radius 2 is 1.90 bits per heavy atom. The van der Waals surface area contributed by atoms with Gasteiger partial charge in [0.15, 0.2) is 11.1 Å². The second-order valence-electron chi connectivity index (χ2n) is 1.53. The van der Waals surface area contributed by atoms with Crippen LogP contribution < -0.4 is 0 Å². The molecule has 2 nitrogen and oxygen atoms in total. The molecule has 6 heteroatoms. The minimum atomic E-state index is -1.40. The van der Waals surface area contributed by atoms with Crippen LogP contribution in [0.3, 0.4) is 0 Å². The molecular formula is C4H5Cl4O2. The predicted octanol–water partition coefficient (Wildman–Crippen LogP) is 2.37. The molecule has 0 aliphatic carbocycles. The molecule has 0 spiro atoms. The number of hydrogen-bond donors (Lipinski definition) is 0. The van der Waals surface area contributed by atoms with Crippen LogP contribution in [0.25, 0.3) is 0 Å². The minimum Gasteiger partial charge on any atom is -0.349 e. The maximum Gasteiger partial charge on any atom is 0.180 e. The Labute approximate surface area is 79.0 Å². The van der Waals surface area contributed by atoms with Crippen LogP contribution in [0.1, 0.15) is 0 Å². The van der Waals surface area contributed by atoms with E-state index in [0.717, 1.165) is 0 Å². The molecule has 0 heterocycles. The van der Waals surface area contributed by atoms with Gasteiger partial charge in [-0.2, -0.15) is 0 Å². The van der Waals surface area contributed by atoms with Crippen LogP contribution in [0.15, 0.2) is 0 Å². The summed E-state index contributed by atoms with van der Waals surface area (Å²) in [6, 6.07) is 0. The second kappa shape index (κ2) is 4.86. The molecule has 0 saturated heterocycles. The van der Waals surface area contributed by atoms with Crippen LogP contribution in [0, 0.1) is 0 Å². The van der Waals surface area contributed by atoms with Crippen LogP contribution in [0.4, 0.5) is 0 Å². The Hall–Kier alpha value is 1.08. The molecule has 0 bridgehead atoms. The van der Waals surface area contributed by atoms with E-state index in [1.165, 1.54) is 0 Å². The van der Waals surface area contributed by atoms with Crippen molar-refractivity contribution < 1.29 is 9.84 Å². The number of rotatable bonds is 4. The number of halogens is 4. The van der Waals surface area contributed by atoms with Crippen LogP contribution in [0.2, 0.25) is 0 Å². The quantitative estimate of drug-likeness (QED) is 0.535. The number of ether oxygens (including phenoxy) is 1. The summed E-state index contributed by atoms with van der Waals surface area (Å²) >= 11 is 21.6. The molecule has 10 heavy (non-hydrogen) atoms. The van der Waals surface area contributed by atoms with E-state index in [0.29, 0.717) is 0 Å². The Bertz CT molecular complexity index is 95.3. The second-order valence-corrected chi connectivity index (χ2v) is 4.17. The molecule has 0 aliphatic heterocycles. The Morgan fingerprint density at radius 3 is 2.20 bits per heavy atom. The van der Waals surface area contributed by atoms with E-state index in [4.69, 9.17) is 46.4 Å². The van der Waals surface area contributed by atoms with Crippen LogP contribution in [0.5, 0.6) is 0 Å². The van der Waals surface area contributed by atoms with E-state index in [-0.39, 0.29) is 6.61 Å². The average molecular weight is 227 g/mol. The summed E-state index contributed by atoms with van der Waals surface area (Å²) in [6.07, 6.45) is 0. The standard InChI is InChI=1S/C4H5Cl4O2/c5-3(6)4(7,8)1-10-2-9/h3H,1-2H2. The Kier molecular flexibility index (Phi) is 5.38. The van der Waals surface area contributed by atoms with Crippen molar-refractivity contribution in [2.45, 2.75) is 9.17 Å². The molecule has 0 aliphatic rings. The lowest BCUT2D eigenvalue weighted by atomic mass is 10.5. The van der Waals surface area contributed by atoms with Crippen molar-refractivity contribution in [3.05, 3.63) is 0 Å². The van der Waals surface area contributed by atoms with Crippen LogP contribution in [-0.4, -0.2) is 22.6 Å². The van der Waals surface area contributed by atoms with E-state index < -0.39 is 16.0 Å². The lowest BCUT2D eigenvalue weighted by molar-refractivity contribution is -0.0453. The van der Waals surface area contributed by atoms with Gasteiger partial charge >= 0.3 is 0 Å². The van der Waals surface area contributed by atoms with Gasteiger partial charge in [-0.3, -0.25) is 0 Å². The van der Waals surface area contributed by atoms with E-state index >= 15 is 0 Å². The van der Waals surface area contributed by atoms with Gasteiger partial charge < -0.3 is 4.74 Å². The summed E-state index contributed by atoms with van der Waals surface area (Å²) in [5, 5.41) is 9.77. The first kappa shape index (κ1) is 11.1. The van der Waals surface area contributed by atoms with Gasteiger partial charge in [-0.1, -0.05) is 23.2 Å². The third-order valence-electron chi connectivity index (χ3n) is 0.697. The van der Waals surface area contributed by atoms with Gasteiger partial charge in [0.05, 0.1) is 6.61 Å². The lowest BCUT2D eigenvalue weighted by Gasteiger charge is -2.18. The fraction of sp³-hybridized carbons (Fsp3) is 1.00. The third kappa shape index (κ3) is 4.06. The highest BCUT2D eigenvalue weighted by Crippen LogP contribution is 2.32. The van der Waals surface area contributed by atoms with Crippen LogP contribution >= 0.6 is 46.4 Å². The third-order valence-corrected chi connectivity index (χ3v) is 2.54. The lowest BCUT2D eigenvalue weighted by Crippen LogP contribution is -2.28. The molecule has 0 aromatic carbocycles. The first-order valence-corrected chi connectivity index (χ1v) is 3.95. The van der Waals surface area contributed by atoms with Gasteiger partial charge in [-0.15, -0.1) is 23.2 Å². The average Bonchev–Trinajstić information content (AvgIpc) is 1.84. The van der Waals surface area contributed by atoms with Gasteiger partial charge in [0.2, 0.25) is 0 Å². The first-order chi connectivity index (χ1) is 4.50. The Morgan fingerprint density at radius 1 is 1.40 bits per heavy atom. The molecule has 0 aromatic heterocycles. The van der Waals surface area contributed by atoms with Crippen LogP contribution in [-0.2, 0) is 9.84 Å². The van der Waals surface area contributed by atoms with Crippen molar-refractivity contribution in [2.75, 3.05) is 13.4 Å². The smallest absolute Gasteiger partial charge is 0.180 e. The van der Waals surface area contributed by atoms with Gasteiger partial charge in [0.1, 0.15) is 4.84 Å². The van der Waals surface area contributed by atoms with Gasteiger partial charge in [-0.05, 0) is 0 Å². The van der Waals surface area contributed by atoms with E-state index in [1.807, 2.05) is 0 Å². The molecule has 0 aromatic rings. The summed E-state index contributed by atoms with van der Waals surface area (Å²) in [4.78, 5) is -0.970. The molecule has 0 fully saturated rings. The highest BCUT2D eigenvalue weighted by Gasteiger charge is 2.32. The predicted molar refractivity (Wildman–Crippen MR) is 41.4 cm³/mol.